The van der Waals surface area contributed by atoms with Gasteiger partial charge in [0.1, 0.15) is 11.4 Å². The molecule has 0 aliphatic heterocycles. The van der Waals surface area contributed by atoms with Crippen molar-refractivity contribution in [3.63, 3.8) is 0 Å². The molecule has 6 nitrogen and oxygen atoms in total. The maximum Gasteiger partial charge on any atom is 0.412 e. The van der Waals surface area contributed by atoms with Gasteiger partial charge in [0.2, 0.25) is 0 Å². The maximum absolute atomic E-state index is 13.6. The molecule has 0 spiro atoms. The molecule has 4 rings (SSSR count). The van der Waals surface area contributed by atoms with E-state index < -0.39 is 17.3 Å². The molecule has 35 heavy (non-hydrogen) atoms. The molecule has 0 radical (unpaired) electrons. The lowest BCUT2D eigenvalue weighted by molar-refractivity contribution is 0.0636. The Morgan fingerprint density at radius 2 is 1.54 bits per heavy atom. The van der Waals surface area contributed by atoms with Gasteiger partial charge in [0.25, 0.3) is 0 Å². The summed E-state index contributed by atoms with van der Waals surface area (Å²) in [6.45, 7) is 5.31. The number of nitrogens with one attached hydrogen (secondary N) is 1. The Morgan fingerprint density at radius 3 is 2.31 bits per heavy atom. The summed E-state index contributed by atoms with van der Waals surface area (Å²) < 4.78 is 11.4. The Bertz CT molecular complexity index is 1380. The van der Waals surface area contributed by atoms with Crippen LogP contribution in [0.15, 0.2) is 85.1 Å². The lowest BCUT2D eigenvalue weighted by Gasteiger charge is -2.21. The average Bonchev–Trinajstić information content (AvgIpc) is 2.83. The number of anilines is 1. The summed E-state index contributed by atoms with van der Waals surface area (Å²) >= 11 is 6.69. The van der Waals surface area contributed by atoms with Gasteiger partial charge in [-0.2, -0.15) is 0 Å². The molecule has 3 aromatic carbocycles. The number of alkyl halides is 1. The van der Waals surface area contributed by atoms with Crippen LogP contribution in [-0.4, -0.2) is 22.5 Å². The molecule has 1 atom stereocenters. The first-order valence-corrected chi connectivity index (χ1v) is 11.5. The Kier molecular flexibility index (Phi) is 7.03. The topological polar surface area (TPSA) is 77.5 Å². The summed E-state index contributed by atoms with van der Waals surface area (Å²) in [6.07, 6.45) is 1.01. The lowest BCUT2D eigenvalue weighted by atomic mass is 9.97. The molecule has 1 aromatic heterocycles. The van der Waals surface area contributed by atoms with Gasteiger partial charge in [-0.25, -0.2) is 4.79 Å². The third-order valence-corrected chi connectivity index (χ3v) is 5.42. The smallest absolute Gasteiger partial charge is 0.412 e. The van der Waals surface area contributed by atoms with Gasteiger partial charge < -0.3 is 9.47 Å². The van der Waals surface area contributed by atoms with Gasteiger partial charge in [-0.05, 0) is 51.1 Å². The van der Waals surface area contributed by atoms with Crippen LogP contribution in [0, 0.1) is 0 Å². The number of halogens is 1. The fourth-order valence-corrected chi connectivity index (χ4v) is 3.88. The number of nitrogens with zero attached hydrogens (tertiary/aromatic N) is 1. The zero-order chi connectivity index (χ0) is 25.0. The van der Waals surface area contributed by atoms with Crippen LogP contribution < -0.4 is 10.1 Å². The number of amides is 1. The van der Waals surface area contributed by atoms with Gasteiger partial charge in [0, 0.05) is 28.3 Å². The number of fused-ring (bicyclic) bond motifs is 1. The van der Waals surface area contributed by atoms with Crippen LogP contribution in [0.5, 0.6) is 5.75 Å². The van der Waals surface area contributed by atoms with Crippen molar-refractivity contribution < 1.29 is 19.1 Å². The first-order valence-electron chi connectivity index (χ1n) is 11.1. The third-order valence-electron chi connectivity index (χ3n) is 5.10. The number of ether oxygens (including phenoxy) is 2. The number of ketones is 1. The van der Waals surface area contributed by atoms with Crippen LogP contribution in [0.25, 0.3) is 10.9 Å². The number of aromatic nitrogens is 1. The molecule has 178 valence electrons. The number of pyridine rings is 1. The van der Waals surface area contributed by atoms with E-state index in [1.807, 2.05) is 24.3 Å². The second kappa shape index (κ2) is 10.2. The van der Waals surface area contributed by atoms with Crippen LogP contribution in [-0.2, 0) is 4.74 Å². The quantitative estimate of drug-likeness (QED) is 0.231. The molecule has 0 saturated carbocycles. The summed E-state index contributed by atoms with van der Waals surface area (Å²) in [5.41, 5.74) is 0.692. The predicted molar refractivity (Wildman–Crippen MR) is 137 cm³/mol. The molecule has 1 amide bonds. The third kappa shape index (κ3) is 5.78. The van der Waals surface area contributed by atoms with E-state index >= 15 is 0 Å². The summed E-state index contributed by atoms with van der Waals surface area (Å²) in [6, 6.07) is 23.1. The number of benzene rings is 3. The van der Waals surface area contributed by atoms with Crippen LogP contribution in [0.2, 0.25) is 0 Å². The molecule has 1 N–H and O–H groups in total. The van der Waals surface area contributed by atoms with Crippen molar-refractivity contribution in [2.45, 2.75) is 31.9 Å². The number of para-hydroxylation sites is 2. The molecule has 0 aliphatic carbocycles. The van der Waals surface area contributed by atoms with Crippen molar-refractivity contribution in [2.75, 3.05) is 5.32 Å². The van der Waals surface area contributed by atoms with Crippen LogP contribution in [0.3, 0.4) is 0 Å². The first kappa shape index (κ1) is 24.2. The Labute approximate surface area is 208 Å². The van der Waals surface area contributed by atoms with Crippen molar-refractivity contribution in [1.82, 2.24) is 4.98 Å². The van der Waals surface area contributed by atoms with Gasteiger partial charge in [0.15, 0.2) is 11.3 Å². The van der Waals surface area contributed by atoms with Gasteiger partial charge >= 0.3 is 6.09 Å². The summed E-state index contributed by atoms with van der Waals surface area (Å²) in [4.78, 5) is 30.3. The highest BCUT2D eigenvalue weighted by Crippen LogP contribution is 2.33. The summed E-state index contributed by atoms with van der Waals surface area (Å²) in [5, 5.41) is 3.49. The van der Waals surface area contributed by atoms with Crippen molar-refractivity contribution >= 4 is 40.1 Å². The minimum atomic E-state index is -0.938. The Morgan fingerprint density at radius 1 is 0.886 bits per heavy atom. The predicted octanol–water partition coefficient (Wildman–Crippen LogP) is 7.13. The van der Waals surface area contributed by atoms with Gasteiger partial charge in [-0.3, -0.25) is 15.1 Å². The SMILES string of the molecule is CC(C)(C)OC(=O)Nc1ccccc1C(=O)c1ccccc1C(Cl)Oc1ccnc2ccccc12. The van der Waals surface area contributed by atoms with Crippen LogP contribution >= 0.6 is 11.6 Å². The van der Waals surface area contributed by atoms with Gasteiger partial charge in [-0.1, -0.05) is 60.1 Å². The zero-order valence-electron chi connectivity index (χ0n) is 19.6. The number of carbonyl (C=O) groups is 2. The second-order valence-corrected chi connectivity index (χ2v) is 9.25. The highest BCUT2D eigenvalue weighted by atomic mass is 35.5. The molecule has 4 aromatic rings. The highest BCUT2D eigenvalue weighted by molar-refractivity contribution is 6.22. The molecule has 1 unspecified atom stereocenters. The molecule has 0 aliphatic rings. The highest BCUT2D eigenvalue weighted by Gasteiger charge is 2.23. The molecule has 1 heterocycles. The van der Waals surface area contributed by atoms with Gasteiger partial charge in [-0.15, -0.1) is 0 Å². The van der Waals surface area contributed by atoms with Crippen molar-refractivity contribution in [3.05, 3.63) is 102 Å². The number of rotatable bonds is 6. The molecular formula is C28H25ClN2O4. The monoisotopic (exact) mass is 488 g/mol. The minimum absolute atomic E-state index is 0.305. The van der Waals surface area contributed by atoms with E-state index in [2.05, 4.69) is 10.3 Å². The van der Waals surface area contributed by atoms with Crippen molar-refractivity contribution in [3.8, 4) is 5.75 Å². The molecular weight excluding hydrogens is 464 g/mol. The average molecular weight is 489 g/mol. The van der Waals surface area contributed by atoms with Crippen molar-refractivity contribution in [1.29, 1.82) is 0 Å². The first-order chi connectivity index (χ1) is 16.7. The summed E-state index contributed by atoms with van der Waals surface area (Å²) in [5.74, 6) is 0.255. The van der Waals surface area contributed by atoms with E-state index in [0.717, 1.165) is 10.9 Å². The van der Waals surface area contributed by atoms with E-state index in [9.17, 15) is 9.59 Å². The molecule has 0 saturated heterocycles. The fourth-order valence-electron chi connectivity index (χ4n) is 3.60. The van der Waals surface area contributed by atoms with E-state index in [4.69, 9.17) is 21.1 Å². The number of hydrogen-bond donors (Lipinski definition) is 1. The van der Waals surface area contributed by atoms with Crippen LogP contribution in [0.1, 0.15) is 47.8 Å². The largest absolute Gasteiger partial charge is 0.469 e. The van der Waals surface area contributed by atoms with Crippen LogP contribution in [0.4, 0.5) is 10.5 Å². The normalized spacial score (nSPS) is 12.1. The molecule has 0 fully saturated rings. The van der Waals surface area contributed by atoms with E-state index in [0.29, 0.717) is 28.1 Å². The number of hydrogen-bond acceptors (Lipinski definition) is 5. The van der Waals surface area contributed by atoms with E-state index in [1.54, 1.807) is 81.6 Å². The lowest BCUT2D eigenvalue weighted by Crippen LogP contribution is -2.27. The van der Waals surface area contributed by atoms with Gasteiger partial charge in [0.05, 0.1) is 11.2 Å². The minimum Gasteiger partial charge on any atom is -0.469 e. The zero-order valence-corrected chi connectivity index (χ0v) is 20.4. The van der Waals surface area contributed by atoms with Crippen molar-refractivity contribution in [2.24, 2.45) is 0 Å². The Hall–Kier alpha value is -3.90. The second-order valence-electron chi connectivity index (χ2n) is 8.85. The Balaban J connectivity index is 1.63. The standard InChI is InChI=1S/C28H25ClN2O4/c1-28(2,3)35-27(33)31-23-15-9-7-13-21(23)25(32)18-10-4-5-11-19(18)26(29)34-24-16-17-30-22-14-8-6-12-20(22)24/h4-17,26H,1-3H3,(H,31,33). The van der Waals surface area contributed by atoms with E-state index in [1.165, 1.54) is 0 Å². The van der Waals surface area contributed by atoms with E-state index in [-0.39, 0.29) is 5.78 Å². The molecule has 0 bridgehead atoms. The molecule has 7 heteroatoms. The maximum atomic E-state index is 13.6. The fraction of sp³-hybridized carbons (Fsp3) is 0.179. The summed E-state index contributed by atoms with van der Waals surface area (Å²) in [7, 11) is 0. The number of carbonyl (C=O) groups excluding carboxylic acids is 2.